The van der Waals surface area contributed by atoms with Gasteiger partial charge in [0.05, 0.1) is 5.69 Å². The molecular formula is C20H24N2O6. The van der Waals surface area contributed by atoms with Gasteiger partial charge in [0.2, 0.25) is 6.10 Å². The van der Waals surface area contributed by atoms with E-state index in [1.165, 1.54) is 4.90 Å². The number of nitrogens with two attached hydrogens (primary N) is 1. The highest BCUT2D eigenvalue weighted by molar-refractivity contribution is 5.99. The lowest BCUT2D eigenvalue weighted by Crippen LogP contribution is -2.41. The fourth-order valence-electron chi connectivity index (χ4n) is 3.35. The molecule has 1 aliphatic carbocycles. The van der Waals surface area contributed by atoms with Crippen molar-refractivity contribution < 1.29 is 28.9 Å². The van der Waals surface area contributed by atoms with E-state index in [0.29, 0.717) is 30.0 Å². The number of hydrogen-bond donors (Lipinski definition) is 2. The van der Waals surface area contributed by atoms with Crippen LogP contribution in [0, 0.1) is 11.8 Å². The Morgan fingerprint density at radius 3 is 2.86 bits per heavy atom. The van der Waals surface area contributed by atoms with Crippen LogP contribution >= 0.6 is 0 Å². The summed E-state index contributed by atoms with van der Waals surface area (Å²) < 4.78 is 16.0. The molecule has 2 aliphatic rings. The average molecular weight is 388 g/mol. The van der Waals surface area contributed by atoms with Crippen molar-refractivity contribution >= 4 is 17.7 Å². The lowest BCUT2D eigenvalue weighted by atomic mass is 9.85. The minimum atomic E-state index is -1.11. The van der Waals surface area contributed by atoms with Gasteiger partial charge in [-0.15, -0.1) is 0 Å². The zero-order valence-corrected chi connectivity index (χ0v) is 15.8. The van der Waals surface area contributed by atoms with Crippen LogP contribution in [0.25, 0.3) is 0 Å². The Hall–Kier alpha value is -2.92. The first-order valence-electron chi connectivity index (χ1n) is 9.24. The summed E-state index contributed by atoms with van der Waals surface area (Å²) in [5, 5.41) is 10.4. The minimum Gasteiger partial charge on any atom is -0.487 e. The minimum absolute atomic E-state index is 0.118. The lowest BCUT2D eigenvalue weighted by Gasteiger charge is -2.26. The molecule has 0 saturated heterocycles. The van der Waals surface area contributed by atoms with Gasteiger partial charge in [-0.3, -0.25) is 4.79 Å². The number of anilines is 1. The van der Waals surface area contributed by atoms with Crippen LogP contribution in [0.5, 0.6) is 11.5 Å². The van der Waals surface area contributed by atoms with Gasteiger partial charge in [-0.1, -0.05) is 18.3 Å². The molecule has 1 fully saturated rings. The Balaban J connectivity index is 1.66. The predicted molar refractivity (Wildman–Crippen MR) is 101 cm³/mol. The second-order valence-electron chi connectivity index (χ2n) is 6.95. The molecule has 0 spiro atoms. The zero-order chi connectivity index (χ0) is 20.1. The number of ether oxygens (including phenoxy) is 3. The van der Waals surface area contributed by atoms with Gasteiger partial charge in [0.1, 0.15) is 30.3 Å². The van der Waals surface area contributed by atoms with Gasteiger partial charge in [0, 0.05) is 13.1 Å². The predicted octanol–water partition coefficient (Wildman–Crippen LogP) is 1.58. The van der Waals surface area contributed by atoms with Gasteiger partial charge in [0.25, 0.3) is 5.91 Å². The average Bonchev–Trinajstić information content (AvgIpc) is 2.78. The number of hydrogen-bond acceptors (Lipinski definition) is 6. The maximum Gasteiger partial charge on any atom is 0.405 e. The molecule has 1 atom stereocenters. The Labute approximate surface area is 163 Å². The van der Waals surface area contributed by atoms with E-state index in [9.17, 15) is 14.7 Å². The standard InChI is InChI=1S/C20H24N2O6/c1-22-15-12-14(26-11-5-10-20(25)8-3-2-4-9-20)6-7-16(15)27-13-17(18(22)23)28-19(21)24/h6-7,12,17,25H,2-4,8-9,11,13H2,1H3,(H2,21,24)/t17-/m0/s1. The Morgan fingerprint density at radius 1 is 1.39 bits per heavy atom. The number of rotatable bonds is 3. The summed E-state index contributed by atoms with van der Waals surface area (Å²) in [6.07, 6.45) is 2.34. The van der Waals surface area contributed by atoms with E-state index >= 15 is 0 Å². The van der Waals surface area contributed by atoms with Gasteiger partial charge in [-0.25, -0.2) is 4.79 Å². The van der Waals surface area contributed by atoms with Crippen molar-refractivity contribution in [3.8, 4) is 23.3 Å². The summed E-state index contributed by atoms with van der Waals surface area (Å²) in [6.45, 7) is -0.00357. The van der Waals surface area contributed by atoms with Crippen LogP contribution in [0.4, 0.5) is 10.5 Å². The highest BCUT2D eigenvalue weighted by atomic mass is 16.6. The van der Waals surface area contributed by atoms with Crippen LogP contribution in [0.15, 0.2) is 18.2 Å². The molecule has 8 heteroatoms. The fourth-order valence-corrected chi connectivity index (χ4v) is 3.35. The van der Waals surface area contributed by atoms with Crippen LogP contribution in [-0.4, -0.2) is 49.1 Å². The molecule has 1 aliphatic heterocycles. The molecule has 8 nitrogen and oxygen atoms in total. The van der Waals surface area contributed by atoms with E-state index in [2.05, 4.69) is 11.8 Å². The second kappa shape index (κ2) is 8.40. The number of carbonyl (C=O) groups excluding carboxylic acids is 2. The molecule has 3 N–H and O–H groups in total. The highest BCUT2D eigenvalue weighted by Gasteiger charge is 2.32. The third-order valence-electron chi connectivity index (χ3n) is 4.86. The van der Waals surface area contributed by atoms with Crippen LogP contribution in [-0.2, 0) is 9.53 Å². The first kappa shape index (κ1) is 19.8. The molecule has 1 aromatic carbocycles. The van der Waals surface area contributed by atoms with Crippen LogP contribution in [0.3, 0.4) is 0 Å². The van der Waals surface area contributed by atoms with E-state index in [1.54, 1.807) is 25.2 Å². The van der Waals surface area contributed by atoms with E-state index in [-0.39, 0.29) is 13.2 Å². The molecule has 1 saturated carbocycles. The van der Waals surface area contributed by atoms with Crippen molar-refractivity contribution in [1.82, 2.24) is 0 Å². The maximum atomic E-state index is 12.4. The van der Waals surface area contributed by atoms with Crippen LogP contribution in [0.1, 0.15) is 32.1 Å². The van der Waals surface area contributed by atoms with E-state index in [4.69, 9.17) is 19.9 Å². The quantitative estimate of drug-likeness (QED) is 0.761. The number of likely N-dealkylation sites (N-methyl/N-ethyl adjacent to an activating group) is 1. The first-order valence-corrected chi connectivity index (χ1v) is 9.24. The third-order valence-corrected chi connectivity index (χ3v) is 4.86. The van der Waals surface area contributed by atoms with Crippen molar-refractivity contribution in [2.45, 2.75) is 43.8 Å². The smallest absolute Gasteiger partial charge is 0.405 e. The van der Waals surface area contributed by atoms with E-state index in [0.717, 1.165) is 19.3 Å². The molecule has 1 heterocycles. The largest absolute Gasteiger partial charge is 0.487 e. The van der Waals surface area contributed by atoms with Gasteiger partial charge in [-0.05, 0) is 37.8 Å². The number of primary amides is 1. The molecule has 28 heavy (non-hydrogen) atoms. The van der Waals surface area contributed by atoms with Crippen molar-refractivity contribution in [2.75, 3.05) is 25.2 Å². The van der Waals surface area contributed by atoms with E-state index in [1.807, 2.05) is 0 Å². The van der Waals surface area contributed by atoms with Gasteiger partial charge < -0.3 is 30.0 Å². The first-order chi connectivity index (χ1) is 13.4. The summed E-state index contributed by atoms with van der Waals surface area (Å²) in [5.74, 6) is 6.30. The number of amides is 2. The molecular weight excluding hydrogens is 364 g/mol. The number of fused-ring (bicyclic) bond motifs is 1. The SMILES string of the molecule is CN1C(=O)[C@@H](OC(N)=O)COc2ccc(OCC#CC3(O)CCCCC3)cc21. The Bertz CT molecular complexity index is 807. The summed E-state index contributed by atoms with van der Waals surface area (Å²) in [4.78, 5) is 24.7. The van der Waals surface area contributed by atoms with Crippen molar-refractivity contribution in [3.63, 3.8) is 0 Å². The van der Waals surface area contributed by atoms with Crippen molar-refractivity contribution in [2.24, 2.45) is 5.73 Å². The Kier molecular flexibility index (Phi) is 5.95. The lowest BCUT2D eigenvalue weighted by molar-refractivity contribution is -0.127. The number of carbonyl (C=O) groups is 2. The number of benzene rings is 1. The van der Waals surface area contributed by atoms with Crippen molar-refractivity contribution in [1.29, 1.82) is 0 Å². The third kappa shape index (κ3) is 4.67. The normalized spacial score (nSPS) is 20.7. The molecule has 150 valence electrons. The fraction of sp³-hybridized carbons (Fsp3) is 0.500. The summed E-state index contributed by atoms with van der Waals surface area (Å²) in [7, 11) is 1.55. The summed E-state index contributed by atoms with van der Waals surface area (Å²) in [6, 6.07) is 5.02. The summed E-state index contributed by atoms with van der Waals surface area (Å²) in [5.41, 5.74) is 4.58. The van der Waals surface area contributed by atoms with Gasteiger partial charge in [0.15, 0.2) is 0 Å². The molecule has 3 rings (SSSR count). The maximum absolute atomic E-state index is 12.4. The van der Waals surface area contributed by atoms with Crippen LogP contribution < -0.4 is 20.1 Å². The number of nitrogens with zero attached hydrogens (tertiary/aromatic N) is 1. The summed E-state index contributed by atoms with van der Waals surface area (Å²) >= 11 is 0. The topological polar surface area (TPSA) is 111 Å². The highest BCUT2D eigenvalue weighted by Crippen LogP contribution is 2.34. The zero-order valence-electron chi connectivity index (χ0n) is 15.8. The molecule has 0 aromatic heterocycles. The van der Waals surface area contributed by atoms with Crippen molar-refractivity contribution in [3.05, 3.63) is 18.2 Å². The van der Waals surface area contributed by atoms with E-state index < -0.39 is 23.7 Å². The number of aliphatic hydroxyl groups is 1. The van der Waals surface area contributed by atoms with Gasteiger partial charge in [-0.2, -0.15) is 0 Å². The van der Waals surface area contributed by atoms with Crippen LogP contribution in [0.2, 0.25) is 0 Å². The molecule has 0 unspecified atom stereocenters. The monoisotopic (exact) mass is 388 g/mol. The molecule has 1 aromatic rings. The van der Waals surface area contributed by atoms with Gasteiger partial charge >= 0.3 is 6.09 Å². The molecule has 0 bridgehead atoms. The molecule has 2 amide bonds. The Morgan fingerprint density at radius 2 is 2.14 bits per heavy atom. The second-order valence-corrected chi connectivity index (χ2v) is 6.95. The molecule has 0 radical (unpaired) electrons.